The molecule has 0 aromatic carbocycles. The predicted molar refractivity (Wildman–Crippen MR) is 49.0 cm³/mol. The number of fused-ring (bicyclic) bond motifs is 1. The highest BCUT2D eigenvalue weighted by Crippen LogP contribution is 2.23. The van der Waals surface area contributed by atoms with Crippen molar-refractivity contribution in [1.82, 2.24) is 9.78 Å². The van der Waals surface area contributed by atoms with Crippen LogP contribution in [0.1, 0.15) is 10.4 Å². The summed E-state index contributed by atoms with van der Waals surface area (Å²) in [4.78, 5) is 11.0. The molecule has 1 aliphatic heterocycles. The van der Waals surface area contributed by atoms with Crippen LogP contribution < -0.4 is 16.8 Å². The minimum Gasteiger partial charge on any atom is -0.381 e. The molecule has 1 aromatic heterocycles. The molecule has 0 unspecified atom stereocenters. The first-order chi connectivity index (χ1) is 6.20. The van der Waals surface area contributed by atoms with Crippen molar-refractivity contribution < 1.29 is 4.79 Å². The smallest absolute Gasteiger partial charge is 0.256 e. The van der Waals surface area contributed by atoms with E-state index in [0.29, 0.717) is 12.4 Å². The van der Waals surface area contributed by atoms with Gasteiger partial charge in [-0.25, -0.2) is 4.68 Å². The molecular weight excluding hydrogens is 170 g/mol. The van der Waals surface area contributed by atoms with Gasteiger partial charge in [0.2, 0.25) is 0 Å². The highest BCUT2D eigenvalue weighted by molar-refractivity contribution is 6.02. The van der Waals surface area contributed by atoms with Crippen molar-refractivity contribution in [3.05, 3.63) is 11.6 Å². The Kier molecular flexibility index (Phi) is 1.48. The number of nitrogens with zero attached hydrogens (tertiary/aromatic N) is 2. The Bertz CT molecular complexity index is 392. The van der Waals surface area contributed by atoms with Gasteiger partial charge in [0, 0.05) is 12.7 Å². The fraction of sp³-hybridized carbons (Fsp3) is 0.143. The number of nitrogens with one attached hydrogen (secondary N) is 1. The van der Waals surface area contributed by atoms with Gasteiger partial charge in [-0.15, -0.1) is 5.10 Å². The Hall–Kier alpha value is -1.98. The van der Waals surface area contributed by atoms with E-state index in [4.69, 9.17) is 11.5 Å². The number of nitrogens with two attached hydrogens (primary N) is 2. The van der Waals surface area contributed by atoms with E-state index >= 15 is 0 Å². The number of hydrogen-bond donors (Lipinski definition) is 3. The maximum atomic E-state index is 11.0. The average molecular weight is 179 g/mol. The Morgan fingerprint density at radius 3 is 3.15 bits per heavy atom. The molecule has 68 valence electrons. The molecule has 0 atom stereocenters. The minimum atomic E-state index is -0.568. The molecule has 1 aliphatic rings. The number of nitrogen functional groups attached to an aromatic ring is 1. The van der Waals surface area contributed by atoms with Gasteiger partial charge in [0.25, 0.3) is 5.91 Å². The van der Waals surface area contributed by atoms with E-state index in [1.807, 2.05) is 6.08 Å². The fourth-order valence-electron chi connectivity index (χ4n) is 1.28. The van der Waals surface area contributed by atoms with Gasteiger partial charge in [0.05, 0.1) is 0 Å². The minimum absolute atomic E-state index is 0.154. The number of carbonyl (C=O) groups excluding carboxylic acids is 1. The van der Waals surface area contributed by atoms with E-state index in [0.717, 1.165) is 0 Å². The first-order valence-corrected chi connectivity index (χ1v) is 3.78. The summed E-state index contributed by atoms with van der Waals surface area (Å²) >= 11 is 0. The monoisotopic (exact) mass is 179 g/mol. The molecule has 5 N–H and O–H groups in total. The zero-order valence-electron chi connectivity index (χ0n) is 6.82. The third-order valence-electron chi connectivity index (χ3n) is 1.82. The summed E-state index contributed by atoms with van der Waals surface area (Å²) in [5, 5.41) is 6.88. The van der Waals surface area contributed by atoms with E-state index in [9.17, 15) is 4.79 Å². The highest BCUT2D eigenvalue weighted by Gasteiger charge is 2.20. The van der Waals surface area contributed by atoms with Gasteiger partial charge in [-0.05, 0) is 6.08 Å². The van der Waals surface area contributed by atoms with Crippen LogP contribution in [0.25, 0.3) is 6.20 Å². The second-order valence-corrected chi connectivity index (χ2v) is 2.68. The summed E-state index contributed by atoms with van der Waals surface area (Å²) in [7, 11) is 0. The Morgan fingerprint density at radius 2 is 2.46 bits per heavy atom. The summed E-state index contributed by atoms with van der Waals surface area (Å²) in [6.45, 7) is 0.644. The summed E-state index contributed by atoms with van der Waals surface area (Å²) in [5.74, 6) is 0.149. The van der Waals surface area contributed by atoms with Gasteiger partial charge in [-0.1, -0.05) is 0 Å². The van der Waals surface area contributed by atoms with E-state index in [2.05, 4.69) is 10.4 Å². The molecule has 2 heterocycles. The number of rotatable bonds is 1. The second-order valence-electron chi connectivity index (χ2n) is 2.68. The largest absolute Gasteiger partial charge is 0.381 e. The lowest BCUT2D eigenvalue weighted by molar-refractivity contribution is 0.100. The fourth-order valence-corrected chi connectivity index (χ4v) is 1.28. The predicted octanol–water partition coefficient (Wildman–Crippen LogP) is -0.540. The van der Waals surface area contributed by atoms with Crippen LogP contribution in [0.5, 0.6) is 0 Å². The molecule has 0 aliphatic carbocycles. The average Bonchev–Trinajstić information content (AvgIpc) is 2.39. The topological polar surface area (TPSA) is 99.0 Å². The number of hydrogen-bond acceptors (Lipinski definition) is 4. The third kappa shape index (κ3) is 1.03. The lowest BCUT2D eigenvalue weighted by atomic mass is 10.2. The van der Waals surface area contributed by atoms with E-state index < -0.39 is 5.91 Å². The molecular formula is C7H9N5O. The molecule has 0 bridgehead atoms. The summed E-state index contributed by atoms with van der Waals surface area (Å²) in [6.07, 6.45) is 3.60. The summed E-state index contributed by atoms with van der Waals surface area (Å²) < 4.78 is 1.50. The van der Waals surface area contributed by atoms with E-state index in [-0.39, 0.29) is 11.4 Å². The molecule has 6 nitrogen and oxygen atoms in total. The molecule has 1 aromatic rings. The number of aromatic nitrogens is 2. The first-order valence-electron chi connectivity index (χ1n) is 3.78. The quantitative estimate of drug-likeness (QED) is 0.539. The van der Waals surface area contributed by atoms with Gasteiger partial charge in [0.15, 0.2) is 5.82 Å². The van der Waals surface area contributed by atoms with Gasteiger partial charge in [-0.2, -0.15) is 0 Å². The Morgan fingerprint density at radius 1 is 1.69 bits per heavy atom. The van der Waals surface area contributed by atoms with Crippen molar-refractivity contribution in [2.45, 2.75) is 0 Å². The van der Waals surface area contributed by atoms with Gasteiger partial charge in [-0.3, -0.25) is 4.79 Å². The normalized spacial score (nSPS) is 13.5. The van der Waals surface area contributed by atoms with Crippen molar-refractivity contribution in [3.63, 3.8) is 0 Å². The Labute approximate surface area is 74.2 Å². The van der Waals surface area contributed by atoms with Crippen LogP contribution in [-0.4, -0.2) is 22.2 Å². The number of carbonyl (C=O) groups is 1. The standard InChI is InChI=1S/C7H9N5O/c8-5-4(6(9)13)7-10-2-1-3-12(7)11-5/h1,3,10H,2H2,(H2,8,11)(H2,9,13). The summed E-state index contributed by atoms with van der Waals surface area (Å²) in [5.41, 5.74) is 10.9. The molecule has 6 heteroatoms. The third-order valence-corrected chi connectivity index (χ3v) is 1.82. The number of primary amides is 1. The molecule has 0 radical (unpaired) electrons. The van der Waals surface area contributed by atoms with Gasteiger partial charge >= 0.3 is 0 Å². The van der Waals surface area contributed by atoms with Crippen LogP contribution in [0.15, 0.2) is 6.08 Å². The molecule has 1 amide bonds. The van der Waals surface area contributed by atoms with Crippen LogP contribution in [0.3, 0.4) is 0 Å². The molecule has 0 saturated carbocycles. The second kappa shape index (κ2) is 2.51. The zero-order valence-corrected chi connectivity index (χ0v) is 6.82. The number of anilines is 2. The molecule has 0 fully saturated rings. The van der Waals surface area contributed by atoms with Crippen LogP contribution in [0.2, 0.25) is 0 Å². The lowest BCUT2D eigenvalue weighted by Gasteiger charge is -2.09. The number of amides is 1. The highest BCUT2D eigenvalue weighted by atomic mass is 16.1. The van der Waals surface area contributed by atoms with Crippen LogP contribution in [-0.2, 0) is 0 Å². The van der Waals surface area contributed by atoms with Crippen LogP contribution >= 0.6 is 0 Å². The van der Waals surface area contributed by atoms with E-state index in [1.165, 1.54) is 4.68 Å². The Balaban J connectivity index is 2.62. The van der Waals surface area contributed by atoms with Crippen LogP contribution in [0.4, 0.5) is 11.6 Å². The van der Waals surface area contributed by atoms with Crippen LogP contribution in [0, 0.1) is 0 Å². The van der Waals surface area contributed by atoms with Crippen molar-refractivity contribution in [3.8, 4) is 0 Å². The molecule has 2 rings (SSSR count). The molecule has 0 spiro atoms. The van der Waals surface area contributed by atoms with Gasteiger partial charge in [0.1, 0.15) is 11.4 Å². The van der Waals surface area contributed by atoms with Crippen molar-refractivity contribution in [2.75, 3.05) is 17.6 Å². The molecule has 13 heavy (non-hydrogen) atoms. The van der Waals surface area contributed by atoms with Crippen molar-refractivity contribution in [2.24, 2.45) is 5.73 Å². The zero-order chi connectivity index (χ0) is 9.42. The van der Waals surface area contributed by atoms with Crippen molar-refractivity contribution >= 4 is 23.7 Å². The molecule has 0 saturated heterocycles. The maximum absolute atomic E-state index is 11.0. The maximum Gasteiger partial charge on any atom is 0.256 e. The first kappa shape index (κ1) is 7.66. The SMILES string of the molecule is NC(=O)c1c(N)nn2c1NCC=C2. The summed E-state index contributed by atoms with van der Waals surface area (Å²) in [6, 6.07) is 0. The van der Waals surface area contributed by atoms with Gasteiger partial charge < -0.3 is 16.8 Å². The van der Waals surface area contributed by atoms with Crippen molar-refractivity contribution in [1.29, 1.82) is 0 Å². The van der Waals surface area contributed by atoms with E-state index in [1.54, 1.807) is 6.20 Å². The lowest BCUT2D eigenvalue weighted by Crippen LogP contribution is -2.17.